The van der Waals surface area contributed by atoms with Gasteiger partial charge in [0, 0.05) is 62.9 Å². The summed E-state index contributed by atoms with van der Waals surface area (Å²) in [5.41, 5.74) is 0.00497. The highest BCUT2D eigenvalue weighted by molar-refractivity contribution is 6.31. The highest BCUT2D eigenvalue weighted by atomic mass is 35.5. The van der Waals surface area contributed by atoms with Gasteiger partial charge in [0.2, 0.25) is 5.91 Å². The van der Waals surface area contributed by atoms with E-state index in [0.717, 1.165) is 6.07 Å². The average molecular weight is 603 g/mol. The highest BCUT2D eigenvalue weighted by Gasteiger charge is 2.29. The molecule has 2 aromatic rings. The third-order valence-corrected chi connectivity index (χ3v) is 7.03. The van der Waals surface area contributed by atoms with Crippen LogP contribution in [0.2, 0.25) is 5.02 Å². The lowest BCUT2D eigenvalue weighted by atomic mass is 10.1. The Balaban J connectivity index is 1.40. The molecule has 222 valence electrons. The lowest BCUT2D eigenvalue weighted by molar-refractivity contribution is -0.138. The van der Waals surface area contributed by atoms with E-state index in [0.29, 0.717) is 36.9 Å². The van der Waals surface area contributed by atoms with Gasteiger partial charge >= 0.3 is 12.2 Å². The minimum absolute atomic E-state index is 0.115. The number of hydrogen-bond donors (Lipinski definition) is 3. The normalized spacial score (nSPS) is 16.4. The number of benzene rings is 2. The van der Waals surface area contributed by atoms with Crippen molar-refractivity contribution in [3.05, 3.63) is 58.1 Å². The Morgan fingerprint density at radius 1 is 1.00 bits per heavy atom. The van der Waals surface area contributed by atoms with Gasteiger partial charge in [-0.15, -0.1) is 0 Å². The fourth-order valence-corrected chi connectivity index (χ4v) is 4.72. The van der Waals surface area contributed by atoms with Gasteiger partial charge in [-0.3, -0.25) is 14.5 Å². The third kappa shape index (κ3) is 7.97. The Kier molecular flexibility index (Phi) is 9.53. The van der Waals surface area contributed by atoms with Crippen LogP contribution in [-0.4, -0.2) is 86.2 Å². The van der Waals surface area contributed by atoms with E-state index in [1.165, 1.54) is 23.1 Å². The van der Waals surface area contributed by atoms with Gasteiger partial charge in [0.25, 0.3) is 5.91 Å². The zero-order chi connectivity index (χ0) is 29.7. The molecule has 2 aliphatic rings. The molecule has 4 amide bonds. The lowest BCUT2D eigenvalue weighted by Crippen LogP contribution is -2.52. The summed E-state index contributed by atoms with van der Waals surface area (Å²) in [6, 6.07) is 6.26. The Labute approximate surface area is 237 Å². The van der Waals surface area contributed by atoms with Crippen molar-refractivity contribution in [2.24, 2.45) is 0 Å². The van der Waals surface area contributed by atoms with Crippen LogP contribution in [0, 0.1) is 11.6 Å². The van der Waals surface area contributed by atoms with Crippen molar-refractivity contribution in [2.75, 3.05) is 62.6 Å². The first kappa shape index (κ1) is 30.3. The number of carbonyl (C=O) groups is 3. The van der Waals surface area contributed by atoms with Gasteiger partial charge in [-0.1, -0.05) is 17.7 Å². The minimum atomic E-state index is -4.24. The van der Waals surface area contributed by atoms with Crippen LogP contribution in [0.25, 0.3) is 0 Å². The standard InChI is InChI=1S/C26H28ClF5N6O3/c27-17-2-4-19(20(13-17)37-11-9-36(10-12-37)7-5-26(30,31)32)35-24(40)18-3-1-16(22(28)23(18)29)14-34-25(41)38-8-6-33-21(39)15-38/h1-4,13H,5-12,14-15H2,(H,33,39)(H,34,41)(H,35,40). The number of amides is 4. The van der Waals surface area contributed by atoms with Crippen molar-refractivity contribution in [1.82, 2.24) is 20.4 Å². The van der Waals surface area contributed by atoms with Crippen LogP contribution < -0.4 is 20.9 Å². The van der Waals surface area contributed by atoms with Crippen molar-refractivity contribution in [2.45, 2.75) is 19.1 Å². The van der Waals surface area contributed by atoms with Crippen LogP contribution >= 0.6 is 11.6 Å². The number of anilines is 2. The van der Waals surface area contributed by atoms with E-state index in [1.54, 1.807) is 11.0 Å². The van der Waals surface area contributed by atoms with Crippen LogP contribution in [0.3, 0.4) is 0 Å². The Hall–Kier alpha value is -3.65. The molecule has 0 atom stereocenters. The van der Waals surface area contributed by atoms with Crippen LogP contribution in [0.4, 0.5) is 38.1 Å². The molecule has 4 rings (SSSR count). The van der Waals surface area contributed by atoms with E-state index in [9.17, 15) is 36.3 Å². The molecule has 41 heavy (non-hydrogen) atoms. The molecular formula is C26H28ClF5N6O3. The van der Waals surface area contributed by atoms with E-state index < -0.39 is 41.7 Å². The predicted octanol–water partition coefficient (Wildman–Crippen LogP) is 3.59. The molecule has 3 N–H and O–H groups in total. The fourth-order valence-electron chi connectivity index (χ4n) is 4.55. The maximum absolute atomic E-state index is 14.9. The van der Waals surface area contributed by atoms with Crippen LogP contribution in [0.15, 0.2) is 30.3 Å². The molecule has 2 aromatic carbocycles. The summed E-state index contributed by atoms with van der Waals surface area (Å²) >= 11 is 6.15. The van der Waals surface area contributed by atoms with Crippen LogP contribution in [0.5, 0.6) is 0 Å². The Morgan fingerprint density at radius 3 is 2.41 bits per heavy atom. The number of carbonyl (C=O) groups excluding carboxylic acids is 3. The van der Waals surface area contributed by atoms with Gasteiger partial charge in [0.05, 0.1) is 23.4 Å². The molecule has 0 spiro atoms. The van der Waals surface area contributed by atoms with Crippen molar-refractivity contribution < 1.29 is 36.3 Å². The Bertz CT molecular complexity index is 1300. The van der Waals surface area contributed by atoms with E-state index in [-0.39, 0.29) is 49.9 Å². The van der Waals surface area contributed by atoms with E-state index in [4.69, 9.17) is 11.6 Å². The zero-order valence-corrected chi connectivity index (χ0v) is 22.5. The number of hydrogen-bond acceptors (Lipinski definition) is 5. The minimum Gasteiger partial charge on any atom is -0.367 e. The number of alkyl halides is 3. The number of piperazine rings is 2. The fraction of sp³-hybridized carbons (Fsp3) is 0.423. The quantitative estimate of drug-likeness (QED) is 0.421. The third-order valence-electron chi connectivity index (χ3n) is 6.80. The molecule has 0 aliphatic carbocycles. The molecule has 9 nitrogen and oxygen atoms in total. The first-order valence-electron chi connectivity index (χ1n) is 12.8. The van der Waals surface area contributed by atoms with Gasteiger partial charge in [0.1, 0.15) is 6.54 Å². The van der Waals surface area contributed by atoms with Gasteiger partial charge in [-0.2, -0.15) is 13.2 Å². The average Bonchev–Trinajstić information content (AvgIpc) is 2.93. The smallest absolute Gasteiger partial charge is 0.367 e. The lowest BCUT2D eigenvalue weighted by Gasteiger charge is -2.37. The highest BCUT2D eigenvalue weighted by Crippen LogP contribution is 2.31. The number of rotatable bonds is 7. The topological polar surface area (TPSA) is 97.0 Å². The molecular weight excluding hydrogens is 575 g/mol. The number of nitrogens with zero attached hydrogens (tertiary/aromatic N) is 3. The van der Waals surface area contributed by atoms with Gasteiger partial charge in [-0.05, 0) is 24.3 Å². The van der Waals surface area contributed by atoms with E-state index in [1.807, 2.05) is 4.90 Å². The molecule has 0 aromatic heterocycles. The predicted molar refractivity (Wildman–Crippen MR) is 142 cm³/mol. The first-order valence-corrected chi connectivity index (χ1v) is 13.2. The van der Waals surface area contributed by atoms with Crippen molar-refractivity contribution in [1.29, 1.82) is 0 Å². The molecule has 0 radical (unpaired) electrons. The maximum atomic E-state index is 14.9. The molecule has 0 bridgehead atoms. The summed E-state index contributed by atoms with van der Waals surface area (Å²) in [4.78, 5) is 41.4. The SMILES string of the molecule is O=C1CN(C(=O)NCc2ccc(C(=O)Nc3ccc(Cl)cc3N3CCN(CCC(F)(F)F)CC3)c(F)c2F)CCN1. The first-order chi connectivity index (χ1) is 19.4. The van der Waals surface area contributed by atoms with Gasteiger partial charge in [-0.25, -0.2) is 13.6 Å². The maximum Gasteiger partial charge on any atom is 0.390 e. The van der Waals surface area contributed by atoms with Crippen molar-refractivity contribution >= 4 is 40.8 Å². The van der Waals surface area contributed by atoms with Gasteiger partial charge in [0.15, 0.2) is 11.6 Å². The molecule has 2 saturated heterocycles. The number of halogens is 6. The molecule has 2 aliphatic heterocycles. The van der Waals surface area contributed by atoms with Crippen molar-refractivity contribution in [3.8, 4) is 0 Å². The largest absolute Gasteiger partial charge is 0.390 e. The summed E-state index contributed by atoms with van der Waals surface area (Å²) in [6.45, 7) is 1.38. The second-order valence-corrected chi connectivity index (χ2v) is 10.1. The monoisotopic (exact) mass is 602 g/mol. The summed E-state index contributed by atoms with van der Waals surface area (Å²) in [6.07, 6.45) is -5.15. The summed E-state index contributed by atoms with van der Waals surface area (Å²) in [7, 11) is 0. The Morgan fingerprint density at radius 2 is 1.73 bits per heavy atom. The number of urea groups is 1. The summed E-state index contributed by atoms with van der Waals surface area (Å²) in [5, 5.41) is 7.93. The van der Waals surface area contributed by atoms with E-state index in [2.05, 4.69) is 16.0 Å². The molecule has 2 heterocycles. The van der Waals surface area contributed by atoms with E-state index >= 15 is 0 Å². The molecule has 0 unspecified atom stereocenters. The summed E-state index contributed by atoms with van der Waals surface area (Å²) in [5.74, 6) is -3.96. The van der Waals surface area contributed by atoms with Gasteiger partial charge < -0.3 is 25.8 Å². The van der Waals surface area contributed by atoms with Crippen molar-refractivity contribution in [3.63, 3.8) is 0 Å². The van der Waals surface area contributed by atoms with Crippen LogP contribution in [-0.2, 0) is 11.3 Å². The molecule has 15 heteroatoms. The molecule has 0 saturated carbocycles. The summed E-state index contributed by atoms with van der Waals surface area (Å²) < 4.78 is 67.5. The molecule has 2 fully saturated rings. The zero-order valence-electron chi connectivity index (χ0n) is 21.8. The second kappa shape index (κ2) is 12.9. The number of nitrogens with one attached hydrogen (secondary N) is 3. The van der Waals surface area contributed by atoms with Crippen LogP contribution in [0.1, 0.15) is 22.3 Å². The second-order valence-electron chi connectivity index (χ2n) is 9.64.